The summed E-state index contributed by atoms with van der Waals surface area (Å²) >= 11 is 0. The molecule has 0 spiro atoms. The fourth-order valence-electron chi connectivity index (χ4n) is 6.19. The number of ether oxygens (including phenoxy) is 1. The Morgan fingerprint density at radius 3 is 2.43 bits per heavy atom. The molecule has 1 aromatic carbocycles. The molecule has 0 N–H and O–H groups in total. The van der Waals surface area contributed by atoms with E-state index in [9.17, 15) is 4.79 Å². The molecule has 152 valence electrons. The fourth-order valence-corrected chi connectivity index (χ4v) is 6.19. The van der Waals surface area contributed by atoms with Crippen molar-refractivity contribution in [2.75, 3.05) is 13.6 Å². The van der Waals surface area contributed by atoms with Crippen LogP contribution < -0.4 is 0 Å². The average Bonchev–Trinajstić information content (AvgIpc) is 2.85. The van der Waals surface area contributed by atoms with Crippen LogP contribution in [-0.4, -0.2) is 42.2 Å². The molecule has 0 aromatic heterocycles. The standard InChI is InChI=1S/C25H36NO2/c1-18(2)17-26(3)20-13-14-21(26)16-22(15-20)28-25(27)24-12-8-7-11-23(24)19-9-5-4-6-10-19/h4-6,9-11,18,20-22,24H,7-8,12-17H2,1-3H3/q+1/t20-,21+,22?,24?,26?. The first-order valence-electron chi connectivity index (χ1n) is 11.3. The van der Waals surface area contributed by atoms with E-state index in [0.717, 1.165) is 32.1 Å². The monoisotopic (exact) mass is 382 g/mol. The second-order valence-corrected chi connectivity index (χ2v) is 9.85. The average molecular weight is 383 g/mol. The van der Waals surface area contributed by atoms with Gasteiger partial charge in [-0.25, -0.2) is 0 Å². The van der Waals surface area contributed by atoms with Crippen LogP contribution in [0.25, 0.3) is 5.57 Å². The van der Waals surface area contributed by atoms with Gasteiger partial charge in [-0.1, -0.05) is 50.3 Å². The minimum atomic E-state index is -0.0905. The summed E-state index contributed by atoms with van der Waals surface area (Å²) in [4.78, 5) is 13.2. The number of allylic oxidation sites excluding steroid dienone is 1. The topological polar surface area (TPSA) is 26.3 Å². The van der Waals surface area contributed by atoms with Crippen molar-refractivity contribution in [3.05, 3.63) is 42.0 Å². The lowest BCUT2D eigenvalue weighted by molar-refractivity contribution is -0.951. The maximum Gasteiger partial charge on any atom is 0.313 e. The van der Waals surface area contributed by atoms with Crippen molar-refractivity contribution in [3.63, 3.8) is 0 Å². The van der Waals surface area contributed by atoms with E-state index in [-0.39, 0.29) is 18.0 Å². The molecule has 2 bridgehead atoms. The van der Waals surface area contributed by atoms with E-state index < -0.39 is 0 Å². The van der Waals surface area contributed by atoms with Crippen molar-refractivity contribution in [1.29, 1.82) is 0 Å². The first kappa shape index (κ1) is 19.7. The normalized spacial score (nSPS) is 34.9. The quantitative estimate of drug-likeness (QED) is 0.516. The van der Waals surface area contributed by atoms with Crippen LogP contribution in [0.1, 0.15) is 64.4 Å². The lowest BCUT2D eigenvalue weighted by Gasteiger charge is -2.47. The highest BCUT2D eigenvalue weighted by Gasteiger charge is 2.52. The summed E-state index contributed by atoms with van der Waals surface area (Å²) in [5.41, 5.74) is 2.35. The van der Waals surface area contributed by atoms with Gasteiger partial charge in [0, 0.05) is 31.6 Å². The first-order valence-corrected chi connectivity index (χ1v) is 11.3. The summed E-state index contributed by atoms with van der Waals surface area (Å²) in [5, 5.41) is 0. The predicted octanol–water partition coefficient (Wildman–Crippen LogP) is 5.21. The Hall–Kier alpha value is -1.61. The second kappa shape index (κ2) is 8.02. The number of hydrogen-bond acceptors (Lipinski definition) is 2. The molecule has 0 amide bonds. The number of carbonyl (C=O) groups excluding carboxylic acids is 1. The smallest absolute Gasteiger partial charge is 0.313 e. The first-order chi connectivity index (χ1) is 13.5. The van der Waals surface area contributed by atoms with Gasteiger partial charge < -0.3 is 9.22 Å². The van der Waals surface area contributed by atoms with Gasteiger partial charge in [0.15, 0.2) is 0 Å². The molecule has 28 heavy (non-hydrogen) atoms. The molecule has 3 nitrogen and oxygen atoms in total. The summed E-state index contributed by atoms with van der Waals surface area (Å²) in [5.74, 6) is 0.638. The Balaban J connectivity index is 1.43. The van der Waals surface area contributed by atoms with Crippen LogP contribution in [0.4, 0.5) is 0 Å². The number of fused-ring (bicyclic) bond motifs is 2. The zero-order chi connectivity index (χ0) is 19.7. The predicted molar refractivity (Wildman–Crippen MR) is 114 cm³/mol. The molecule has 2 fully saturated rings. The van der Waals surface area contributed by atoms with Crippen LogP contribution >= 0.6 is 0 Å². The number of piperidine rings is 1. The maximum atomic E-state index is 13.2. The van der Waals surface area contributed by atoms with Gasteiger partial charge in [0.25, 0.3) is 0 Å². The molecule has 0 saturated carbocycles. The highest BCUT2D eigenvalue weighted by molar-refractivity contribution is 5.89. The van der Waals surface area contributed by atoms with Crippen molar-refractivity contribution in [2.24, 2.45) is 11.8 Å². The van der Waals surface area contributed by atoms with Crippen molar-refractivity contribution in [2.45, 2.75) is 77.0 Å². The van der Waals surface area contributed by atoms with Crippen LogP contribution in [0.3, 0.4) is 0 Å². The zero-order valence-electron chi connectivity index (χ0n) is 17.8. The van der Waals surface area contributed by atoms with Crippen LogP contribution in [0.2, 0.25) is 0 Å². The molecule has 4 rings (SSSR count). The van der Waals surface area contributed by atoms with Gasteiger partial charge in [-0.15, -0.1) is 0 Å². The Morgan fingerprint density at radius 2 is 1.79 bits per heavy atom. The Labute approximate surface area is 170 Å². The second-order valence-electron chi connectivity index (χ2n) is 9.85. The van der Waals surface area contributed by atoms with E-state index in [2.05, 4.69) is 51.2 Å². The number of esters is 1. The van der Waals surface area contributed by atoms with Crippen molar-refractivity contribution < 1.29 is 14.0 Å². The van der Waals surface area contributed by atoms with Crippen LogP contribution in [0.15, 0.2) is 36.4 Å². The van der Waals surface area contributed by atoms with Crippen molar-refractivity contribution in [3.8, 4) is 0 Å². The van der Waals surface area contributed by atoms with E-state index >= 15 is 0 Å². The zero-order valence-corrected chi connectivity index (χ0v) is 17.8. The third kappa shape index (κ3) is 3.78. The Morgan fingerprint density at radius 1 is 1.11 bits per heavy atom. The Kier molecular flexibility index (Phi) is 5.64. The number of quaternary nitrogens is 1. The van der Waals surface area contributed by atoms with Crippen LogP contribution in [0.5, 0.6) is 0 Å². The van der Waals surface area contributed by atoms with Gasteiger partial charge in [-0.05, 0) is 30.4 Å². The molecule has 0 radical (unpaired) electrons. The molecule has 1 aromatic rings. The maximum absolute atomic E-state index is 13.2. The van der Waals surface area contributed by atoms with Gasteiger partial charge in [0.05, 0.1) is 31.6 Å². The van der Waals surface area contributed by atoms with Crippen molar-refractivity contribution in [1.82, 2.24) is 0 Å². The molecule has 2 heterocycles. The van der Waals surface area contributed by atoms with Crippen LogP contribution in [-0.2, 0) is 9.53 Å². The molecule has 3 aliphatic rings. The highest BCUT2D eigenvalue weighted by Crippen LogP contribution is 2.43. The molecular formula is C25H36NO2+. The lowest BCUT2D eigenvalue weighted by atomic mass is 9.83. The number of carbonyl (C=O) groups is 1. The van der Waals surface area contributed by atoms with E-state index in [0.29, 0.717) is 18.0 Å². The molecule has 3 unspecified atom stereocenters. The van der Waals surface area contributed by atoms with Gasteiger partial charge >= 0.3 is 5.97 Å². The number of hydrogen-bond donors (Lipinski definition) is 0. The number of nitrogens with zero attached hydrogens (tertiary/aromatic N) is 1. The van der Waals surface area contributed by atoms with E-state index in [4.69, 9.17) is 4.74 Å². The number of rotatable bonds is 5. The molecule has 2 saturated heterocycles. The number of benzene rings is 1. The molecule has 1 aliphatic carbocycles. The molecule has 3 heteroatoms. The van der Waals surface area contributed by atoms with Gasteiger partial charge in [-0.3, -0.25) is 4.79 Å². The molecular weight excluding hydrogens is 346 g/mol. The molecule has 5 atom stereocenters. The van der Waals surface area contributed by atoms with Crippen molar-refractivity contribution >= 4 is 11.5 Å². The summed E-state index contributed by atoms with van der Waals surface area (Å²) in [7, 11) is 2.44. The SMILES string of the molecule is CC(C)C[N+]1(C)[C@@H]2CC[C@H]1CC(OC(=O)C1CCCC=C1c1ccccc1)C2. The van der Waals surface area contributed by atoms with Crippen LogP contribution in [0, 0.1) is 11.8 Å². The van der Waals surface area contributed by atoms with Gasteiger partial charge in [0.2, 0.25) is 0 Å². The van der Waals surface area contributed by atoms with Gasteiger partial charge in [-0.2, -0.15) is 0 Å². The summed E-state index contributed by atoms with van der Waals surface area (Å²) in [6.45, 7) is 5.91. The molecule has 2 aliphatic heterocycles. The van der Waals surface area contributed by atoms with Gasteiger partial charge in [0.1, 0.15) is 6.10 Å². The largest absolute Gasteiger partial charge is 0.461 e. The highest BCUT2D eigenvalue weighted by atomic mass is 16.5. The van der Waals surface area contributed by atoms with E-state index in [1.54, 1.807) is 0 Å². The summed E-state index contributed by atoms with van der Waals surface area (Å²) < 4.78 is 7.37. The summed E-state index contributed by atoms with van der Waals surface area (Å²) in [6.07, 6.45) is 10.1. The van der Waals surface area contributed by atoms with E-state index in [1.165, 1.54) is 35.0 Å². The van der Waals surface area contributed by atoms with E-state index in [1.807, 2.05) is 6.07 Å². The third-order valence-electron chi connectivity index (χ3n) is 7.44. The minimum Gasteiger partial charge on any atom is -0.461 e. The lowest BCUT2D eigenvalue weighted by Crippen LogP contribution is -2.60. The fraction of sp³-hybridized carbons (Fsp3) is 0.640. The Bertz CT molecular complexity index is 709. The third-order valence-corrected chi connectivity index (χ3v) is 7.44. The summed E-state index contributed by atoms with van der Waals surface area (Å²) in [6, 6.07) is 11.7. The minimum absolute atomic E-state index is 0.0131.